The van der Waals surface area contributed by atoms with E-state index in [1.54, 1.807) is 11.1 Å². The minimum absolute atomic E-state index is 0.233. The fourth-order valence-corrected chi connectivity index (χ4v) is 5.65. The van der Waals surface area contributed by atoms with Gasteiger partial charge in [0.2, 0.25) is 0 Å². The summed E-state index contributed by atoms with van der Waals surface area (Å²) in [7, 11) is 0. The Kier molecular flexibility index (Phi) is 5.92. The Morgan fingerprint density at radius 3 is 1.97 bits per heavy atom. The second-order valence-electron chi connectivity index (χ2n) is 9.65. The van der Waals surface area contributed by atoms with Gasteiger partial charge in [0.25, 0.3) is 0 Å². The molecule has 0 spiro atoms. The van der Waals surface area contributed by atoms with Gasteiger partial charge >= 0.3 is 0 Å². The molecular formula is C27H35NO. The first-order valence-corrected chi connectivity index (χ1v) is 11.4. The average Bonchev–Trinajstić information content (AvgIpc) is 2.90. The Morgan fingerprint density at radius 2 is 1.45 bits per heavy atom. The molecule has 154 valence electrons. The second kappa shape index (κ2) is 8.44. The summed E-state index contributed by atoms with van der Waals surface area (Å²) in [5.74, 6) is 1.57. The Balaban J connectivity index is 1.55. The van der Waals surface area contributed by atoms with Crippen molar-refractivity contribution in [2.45, 2.75) is 58.8 Å². The molecule has 2 nitrogen and oxygen atoms in total. The fourth-order valence-electron chi connectivity index (χ4n) is 5.65. The van der Waals surface area contributed by atoms with Gasteiger partial charge in [-0.25, -0.2) is 0 Å². The Bertz CT molecular complexity index is 813. The second-order valence-corrected chi connectivity index (χ2v) is 9.65. The van der Waals surface area contributed by atoms with E-state index in [0.29, 0.717) is 24.0 Å². The van der Waals surface area contributed by atoms with Crippen LogP contribution in [0.1, 0.15) is 68.2 Å². The van der Waals surface area contributed by atoms with Crippen molar-refractivity contribution in [2.24, 2.45) is 11.3 Å². The third-order valence-electron chi connectivity index (χ3n) is 7.24. The minimum Gasteiger partial charge on any atom is -0.302 e. The molecule has 4 rings (SSSR count). The number of hydrogen-bond donors (Lipinski definition) is 0. The zero-order chi connectivity index (χ0) is 20.4. The Morgan fingerprint density at radius 1 is 0.931 bits per heavy atom. The highest BCUT2D eigenvalue weighted by Gasteiger charge is 2.35. The van der Waals surface area contributed by atoms with Crippen molar-refractivity contribution in [3.05, 3.63) is 70.8 Å². The van der Waals surface area contributed by atoms with Crippen molar-refractivity contribution in [3.8, 4) is 0 Å². The number of piperidine rings is 1. The molecule has 2 aromatic rings. The lowest BCUT2D eigenvalue weighted by Gasteiger charge is -2.39. The van der Waals surface area contributed by atoms with Crippen LogP contribution in [-0.2, 0) is 17.6 Å². The lowest BCUT2D eigenvalue weighted by molar-refractivity contribution is -0.128. The molecule has 1 heterocycles. The van der Waals surface area contributed by atoms with Crippen LogP contribution in [0.3, 0.4) is 0 Å². The van der Waals surface area contributed by atoms with Crippen LogP contribution >= 0.6 is 0 Å². The standard InChI is InChI=1S/C27H35NO/c1-4-25(29)27(2,3)19-28-17-15-22(16-18-28)26-23-11-7-5-9-20(23)13-14-21-10-6-8-12-24(21)26/h5-12,22,26H,4,13-19H2,1-3H3. The highest BCUT2D eigenvalue weighted by Crippen LogP contribution is 2.43. The van der Waals surface area contributed by atoms with E-state index < -0.39 is 0 Å². The van der Waals surface area contributed by atoms with Gasteiger partial charge in [-0.3, -0.25) is 4.79 Å². The number of aryl methyl sites for hydroxylation is 2. The van der Waals surface area contributed by atoms with Gasteiger partial charge in [0.15, 0.2) is 0 Å². The SMILES string of the molecule is CCC(=O)C(C)(C)CN1CCC(C2c3ccccc3CCc3ccccc32)CC1. The van der Waals surface area contributed by atoms with Crippen LogP contribution in [0, 0.1) is 11.3 Å². The van der Waals surface area contributed by atoms with Crippen LogP contribution in [0.15, 0.2) is 48.5 Å². The van der Waals surface area contributed by atoms with E-state index in [1.165, 1.54) is 24.0 Å². The molecular weight excluding hydrogens is 354 g/mol. The molecule has 0 atom stereocenters. The number of rotatable bonds is 5. The summed E-state index contributed by atoms with van der Waals surface area (Å²) >= 11 is 0. The van der Waals surface area contributed by atoms with Gasteiger partial charge in [-0.1, -0.05) is 69.3 Å². The molecule has 1 saturated heterocycles. The van der Waals surface area contributed by atoms with Gasteiger partial charge in [-0.15, -0.1) is 0 Å². The van der Waals surface area contributed by atoms with Crippen LogP contribution in [0.25, 0.3) is 0 Å². The van der Waals surface area contributed by atoms with Crippen molar-refractivity contribution in [2.75, 3.05) is 19.6 Å². The number of carbonyl (C=O) groups excluding carboxylic acids is 1. The molecule has 0 radical (unpaired) electrons. The van der Waals surface area contributed by atoms with Gasteiger partial charge in [-0.2, -0.15) is 0 Å². The number of likely N-dealkylation sites (tertiary alicyclic amines) is 1. The fraction of sp³-hybridized carbons (Fsp3) is 0.519. The van der Waals surface area contributed by atoms with Crippen molar-refractivity contribution in [3.63, 3.8) is 0 Å². The summed E-state index contributed by atoms with van der Waals surface area (Å²) in [6.45, 7) is 9.31. The van der Waals surface area contributed by atoms with Crippen LogP contribution in [0.2, 0.25) is 0 Å². The number of carbonyl (C=O) groups is 1. The number of hydrogen-bond acceptors (Lipinski definition) is 2. The van der Waals surface area contributed by atoms with E-state index in [1.807, 2.05) is 6.92 Å². The highest BCUT2D eigenvalue weighted by molar-refractivity contribution is 5.83. The van der Waals surface area contributed by atoms with E-state index in [-0.39, 0.29) is 5.41 Å². The maximum absolute atomic E-state index is 12.3. The largest absolute Gasteiger partial charge is 0.302 e. The normalized spacial score (nSPS) is 18.7. The van der Waals surface area contributed by atoms with Gasteiger partial charge in [0, 0.05) is 24.3 Å². The maximum Gasteiger partial charge on any atom is 0.139 e. The first-order chi connectivity index (χ1) is 14.0. The molecule has 0 unspecified atom stereocenters. The number of ketones is 1. The average molecular weight is 390 g/mol. The molecule has 2 aliphatic rings. The first-order valence-electron chi connectivity index (χ1n) is 11.4. The van der Waals surface area contributed by atoms with Crippen molar-refractivity contribution in [1.29, 1.82) is 0 Å². The zero-order valence-electron chi connectivity index (χ0n) is 18.3. The Hall–Kier alpha value is -1.93. The molecule has 2 heteroatoms. The Labute approximate surface area is 176 Å². The van der Waals surface area contributed by atoms with E-state index in [9.17, 15) is 4.79 Å². The first kappa shape index (κ1) is 20.3. The molecule has 0 N–H and O–H groups in total. The topological polar surface area (TPSA) is 20.3 Å². The summed E-state index contributed by atoms with van der Waals surface area (Å²) in [5, 5.41) is 0. The van der Waals surface area contributed by atoms with E-state index >= 15 is 0 Å². The smallest absolute Gasteiger partial charge is 0.139 e. The molecule has 0 saturated carbocycles. The molecule has 1 aliphatic carbocycles. The molecule has 1 fully saturated rings. The van der Waals surface area contributed by atoms with Gasteiger partial charge < -0.3 is 4.90 Å². The molecule has 0 bridgehead atoms. The summed E-state index contributed by atoms with van der Waals surface area (Å²) in [6.07, 6.45) is 5.36. The number of Topliss-reactive ketones (excluding diaryl/α,β-unsaturated/α-hetero) is 1. The predicted molar refractivity (Wildman–Crippen MR) is 120 cm³/mol. The van der Waals surface area contributed by atoms with E-state index in [2.05, 4.69) is 67.3 Å². The van der Waals surface area contributed by atoms with Crippen LogP contribution < -0.4 is 0 Å². The van der Waals surface area contributed by atoms with Gasteiger partial charge in [-0.05, 0) is 66.9 Å². The summed E-state index contributed by atoms with van der Waals surface area (Å²) in [6, 6.07) is 18.2. The maximum atomic E-state index is 12.3. The summed E-state index contributed by atoms with van der Waals surface area (Å²) in [4.78, 5) is 14.8. The monoisotopic (exact) mass is 389 g/mol. The van der Waals surface area contributed by atoms with Crippen LogP contribution in [-0.4, -0.2) is 30.3 Å². The lowest BCUT2D eigenvalue weighted by atomic mass is 9.74. The molecule has 29 heavy (non-hydrogen) atoms. The summed E-state index contributed by atoms with van der Waals surface area (Å²) < 4.78 is 0. The number of fused-ring (bicyclic) bond motifs is 2. The van der Waals surface area contributed by atoms with Crippen LogP contribution in [0.5, 0.6) is 0 Å². The number of benzene rings is 2. The van der Waals surface area contributed by atoms with Crippen molar-refractivity contribution >= 4 is 5.78 Å². The minimum atomic E-state index is -0.233. The molecule has 0 aromatic heterocycles. The molecule has 1 aliphatic heterocycles. The predicted octanol–water partition coefficient (Wildman–Crippen LogP) is 5.63. The highest BCUT2D eigenvalue weighted by atomic mass is 16.1. The van der Waals surface area contributed by atoms with Crippen molar-refractivity contribution in [1.82, 2.24) is 4.90 Å². The quantitative estimate of drug-likeness (QED) is 0.660. The van der Waals surface area contributed by atoms with E-state index in [0.717, 1.165) is 32.5 Å². The molecule has 0 amide bonds. The summed E-state index contributed by atoms with van der Waals surface area (Å²) in [5.41, 5.74) is 5.94. The van der Waals surface area contributed by atoms with E-state index in [4.69, 9.17) is 0 Å². The zero-order valence-corrected chi connectivity index (χ0v) is 18.3. The van der Waals surface area contributed by atoms with Crippen LogP contribution in [0.4, 0.5) is 0 Å². The van der Waals surface area contributed by atoms with Gasteiger partial charge in [0.05, 0.1) is 0 Å². The van der Waals surface area contributed by atoms with Crippen molar-refractivity contribution < 1.29 is 4.79 Å². The number of nitrogens with zero attached hydrogens (tertiary/aromatic N) is 1. The third kappa shape index (κ3) is 4.19. The van der Waals surface area contributed by atoms with Gasteiger partial charge in [0.1, 0.15) is 5.78 Å². The third-order valence-corrected chi connectivity index (χ3v) is 7.24. The molecule has 2 aromatic carbocycles. The lowest BCUT2D eigenvalue weighted by Crippen LogP contribution is -2.43.